The molecule has 3 rings (SSSR count). The van der Waals surface area contributed by atoms with Crippen molar-refractivity contribution in [3.05, 3.63) is 83.2 Å². The number of para-hydroxylation sites is 1. The summed E-state index contributed by atoms with van der Waals surface area (Å²) in [4.78, 5) is 11.9. The van der Waals surface area contributed by atoms with E-state index in [-0.39, 0.29) is 12.5 Å². The lowest BCUT2D eigenvalue weighted by molar-refractivity contribution is -0.119. The molecule has 1 aromatic heterocycles. The summed E-state index contributed by atoms with van der Waals surface area (Å²) in [6.07, 6.45) is 1.69. The zero-order chi connectivity index (χ0) is 19.2. The van der Waals surface area contributed by atoms with E-state index in [1.807, 2.05) is 30.3 Å². The van der Waals surface area contributed by atoms with Crippen molar-refractivity contribution in [1.82, 2.24) is 9.99 Å². The molecule has 0 atom stereocenters. The monoisotopic (exact) mass is 360 g/mol. The summed E-state index contributed by atoms with van der Waals surface area (Å²) >= 11 is 0. The van der Waals surface area contributed by atoms with Gasteiger partial charge >= 0.3 is 0 Å². The number of nitrogens with zero attached hydrogens (tertiary/aromatic N) is 2. The van der Waals surface area contributed by atoms with Crippen molar-refractivity contribution in [3.63, 3.8) is 0 Å². The molecule has 0 unspecified atom stereocenters. The zero-order valence-corrected chi connectivity index (χ0v) is 15.9. The second-order valence-electron chi connectivity index (χ2n) is 6.51. The van der Waals surface area contributed by atoms with Crippen molar-refractivity contribution in [2.75, 3.05) is 11.9 Å². The molecular formula is C22H24N4O. The first-order chi connectivity index (χ1) is 13.0. The standard InChI is InChI=1S/C22H24N4O/c1-16-8-7-11-21(12-16)26-17(2)13-19(18(26)3)14-24-25-22(27)15-23-20-9-5-4-6-10-20/h4-14,23H,15H2,1-3H3,(H,25,27)/b24-14+. The molecule has 0 aliphatic rings. The highest BCUT2D eigenvalue weighted by Gasteiger charge is 2.09. The maximum Gasteiger partial charge on any atom is 0.259 e. The molecular weight excluding hydrogens is 336 g/mol. The number of carbonyl (C=O) groups excluding carboxylic acids is 1. The van der Waals surface area contributed by atoms with Gasteiger partial charge in [0.15, 0.2) is 0 Å². The molecule has 0 saturated carbocycles. The van der Waals surface area contributed by atoms with Gasteiger partial charge in [0.1, 0.15) is 0 Å². The summed E-state index contributed by atoms with van der Waals surface area (Å²) in [6.45, 7) is 6.37. The summed E-state index contributed by atoms with van der Waals surface area (Å²) in [5.74, 6) is -0.192. The van der Waals surface area contributed by atoms with Crippen LogP contribution in [0, 0.1) is 20.8 Å². The van der Waals surface area contributed by atoms with Gasteiger partial charge in [-0.3, -0.25) is 4.79 Å². The van der Waals surface area contributed by atoms with Gasteiger partial charge in [0.25, 0.3) is 5.91 Å². The minimum absolute atomic E-state index is 0.170. The molecule has 0 saturated heterocycles. The molecule has 27 heavy (non-hydrogen) atoms. The second kappa shape index (κ2) is 8.36. The highest BCUT2D eigenvalue weighted by Crippen LogP contribution is 2.20. The zero-order valence-electron chi connectivity index (χ0n) is 15.9. The van der Waals surface area contributed by atoms with Crippen LogP contribution in [0.3, 0.4) is 0 Å². The van der Waals surface area contributed by atoms with E-state index >= 15 is 0 Å². The van der Waals surface area contributed by atoms with Crippen molar-refractivity contribution in [2.24, 2.45) is 5.10 Å². The van der Waals surface area contributed by atoms with E-state index in [1.165, 1.54) is 5.56 Å². The van der Waals surface area contributed by atoms with Crippen LogP contribution in [0.2, 0.25) is 0 Å². The topological polar surface area (TPSA) is 58.4 Å². The first-order valence-corrected chi connectivity index (χ1v) is 8.91. The lowest BCUT2D eigenvalue weighted by atomic mass is 10.2. The minimum Gasteiger partial charge on any atom is -0.376 e. The highest BCUT2D eigenvalue weighted by molar-refractivity contribution is 5.85. The smallest absolute Gasteiger partial charge is 0.259 e. The number of benzene rings is 2. The van der Waals surface area contributed by atoms with Gasteiger partial charge in [0.05, 0.1) is 12.8 Å². The quantitative estimate of drug-likeness (QED) is 0.516. The van der Waals surface area contributed by atoms with E-state index in [9.17, 15) is 4.79 Å². The molecule has 5 heteroatoms. The summed E-state index contributed by atoms with van der Waals surface area (Å²) in [6, 6.07) is 20.0. The molecule has 0 fully saturated rings. The molecule has 2 N–H and O–H groups in total. The van der Waals surface area contributed by atoms with Gasteiger partial charge in [-0.15, -0.1) is 0 Å². The van der Waals surface area contributed by atoms with Gasteiger partial charge in [-0.2, -0.15) is 5.10 Å². The highest BCUT2D eigenvalue weighted by atomic mass is 16.2. The minimum atomic E-state index is -0.192. The first-order valence-electron chi connectivity index (χ1n) is 8.91. The number of carbonyl (C=O) groups is 1. The maximum atomic E-state index is 11.9. The fourth-order valence-electron chi connectivity index (χ4n) is 3.03. The number of amides is 1. The summed E-state index contributed by atoms with van der Waals surface area (Å²) in [7, 11) is 0. The molecule has 138 valence electrons. The van der Waals surface area contributed by atoms with Gasteiger partial charge < -0.3 is 9.88 Å². The second-order valence-corrected chi connectivity index (χ2v) is 6.51. The maximum absolute atomic E-state index is 11.9. The van der Waals surface area contributed by atoms with E-state index in [2.05, 4.69) is 71.5 Å². The fraction of sp³-hybridized carbons (Fsp3) is 0.182. The van der Waals surface area contributed by atoms with E-state index in [0.717, 1.165) is 28.3 Å². The van der Waals surface area contributed by atoms with Crippen molar-refractivity contribution >= 4 is 17.8 Å². The third-order valence-electron chi connectivity index (χ3n) is 4.35. The molecule has 0 aliphatic carbocycles. The normalized spacial score (nSPS) is 10.9. The van der Waals surface area contributed by atoms with Crippen molar-refractivity contribution in [1.29, 1.82) is 0 Å². The molecule has 0 spiro atoms. The average Bonchev–Trinajstić information content (AvgIpc) is 2.94. The Morgan fingerprint density at radius 2 is 1.81 bits per heavy atom. The summed E-state index contributed by atoms with van der Waals surface area (Å²) < 4.78 is 2.19. The lowest BCUT2D eigenvalue weighted by Gasteiger charge is -2.10. The molecule has 2 aromatic carbocycles. The Bertz CT molecular complexity index is 958. The van der Waals surface area contributed by atoms with Crippen LogP contribution in [0.1, 0.15) is 22.5 Å². The van der Waals surface area contributed by atoms with Gasteiger partial charge in [-0.05, 0) is 56.7 Å². The summed E-state index contributed by atoms with van der Waals surface area (Å²) in [5, 5.41) is 7.16. The van der Waals surface area contributed by atoms with Gasteiger partial charge in [0.2, 0.25) is 0 Å². The third-order valence-corrected chi connectivity index (χ3v) is 4.35. The number of aromatic nitrogens is 1. The van der Waals surface area contributed by atoms with Gasteiger partial charge in [-0.25, -0.2) is 5.43 Å². The van der Waals surface area contributed by atoms with E-state index < -0.39 is 0 Å². The number of hydrogen-bond acceptors (Lipinski definition) is 3. The van der Waals surface area contributed by atoms with Crippen LogP contribution in [0.4, 0.5) is 5.69 Å². The predicted octanol–water partition coefficient (Wildman–Crippen LogP) is 3.96. The predicted molar refractivity (Wildman–Crippen MR) is 111 cm³/mol. The van der Waals surface area contributed by atoms with Crippen LogP contribution in [0.5, 0.6) is 0 Å². The van der Waals surface area contributed by atoms with Gasteiger partial charge in [-0.1, -0.05) is 30.3 Å². The van der Waals surface area contributed by atoms with Crippen LogP contribution in [-0.2, 0) is 4.79 Å². The Balaban J connectivity index is 1.64. The Hall–Kier alpha value is -3.34. The largest absolute Gasteiger partial charge is 0.376 e. The third kappa shape index (κ3) is 4.64. The fourth-order valence-corrected chi connectivity index (χ4v) is 3.03. The number of hydrogen-bond donors (Lipinski definition) is 2. The lowest BCUT2D eigenvalue weighted by Crippen LogP contribution is -2.25. The molecule has 0 radical (unpaired) electrons. The van der Waals surface area contributed by atoms with Crippen LogP contribution in [-0.4, -0.2) is 23.2 Å². The number of anilines is 1. The van der Waals surface area contributed by atoms with Gasteiger partial charge in [0, 0.05) is 28.3 Å². The molecule has 1 amide bonds. The van der Waals surface area contributed by atoms with Crippen molar-refractivity contribution in [2.45, 2.75) is 20.8 Å². The van der Waals surface area contributed by atoms with Crippen LogP contribution < -0.4 is 10.7 Å². The Morgan fingerprint density at radius 1 is 1.04 bits per heavy atom. The van der Waals surface area contributed by atoms with Crippen molar-refractivity contribution in [3.8, 4) is 5.69 Å². The first kappa shape index (κ1) is 18.5. The SMILES string of the molecule is Cc1cccc(-n2c(C)cc(/C=N/NC(=O)CNc3ccccc3)c2C)c1. The van der Waals surface area contributed by atoms with Crippen molar-refractivity contribution < 1.29 is 4.79 Å². The van der Waals surface area contributed by atoms with E-state index in [1.54, 1.807) is 6.21 Å². The molecule has 0 aliphatic heterocycles. The number of hydrazone groups is 1. The molecule has 3 aromatic rings. The Morgan fingerprint density at radius 3 is 2.56 bits per heavy atom. The number of aryl methyl sites for hydroxylation is 2. The Labute approximate surface area is 159 Å². The Kier molecular flexibility index (Phi) is 5.71. The van der Waals surface area contributed by atoms with E-state index in [4.69, 9.17) is 0 Å². The number of rotatable bonds is 6. The molecule has 5 nitrogen and oxygen atoms in total. The molecule has 0 bridgehead atoms. The average molecular weight is 360 g/mol. The molecule has 1 heterocycles. The number of nitrogens with one attached hydrogen (secondary N) is 2. The van der Waals surface area contributed by atoms with Crippen LogP contribution in [0.15, 0.2) is 65.8 Å². The van der Waals surface area contributed by atoms with Crippen LogP contribution in [0.25, 0.3) is 5.69 Å². The van der Waals surface area contributed by atoms with Crippen LogP contribution >= 0.6 is 0 Å². The summed E-state index contributed by atoms with van der Waals surface area (Å²) in [5.41, 5.74) is 8.99. The van der Waals surface area contributed by atoms with E-state index in [0.29, 0.717) is 0 Å².